The fraction of sp³-hybridized carbons (Fsp3) is 0.538. The number of aliphatic hydroxyl groups is 4. The minimum absolute atomic E-state index is 0.0942. The van der Waals surface area contributed by atoms with Gasteiger partial charge in [0.15, 0.2) is 6.29 Å². The van der Waals surface area contributed by atoms with E-state index in [2.05, 4.69) is 55.5 Å². The van der Waals surface area contributed by atoms with Crippen LogP contribution in [-0.4, -0.2) is 64.3 Å². The van der Waals surface area contributed by atoms with Crippen molar-refractivity contribution in [2.45, 2.75) is 76.2 Å². The molecule has 178 valence electrons. The topological polar surface area (TPSA) is 99.4 Å². The molecule has 1 heterocycles. The second kappa shape index (κ2) is 15.1. The number of unbranched alkanes of at least 4 members (excludes halogenated alkanes) is 5. The number of ether oxygens (including phenoxy) is 2. The molecule has 6 heteroatoms. The number of hydrogen-bond donors (Lipinski definition) is 4. The molecule has 0 aromatic heterocycles. The van der Waals surface area contributed by atoms with Crippen molar-refractivity contribution < 1.29 is 29.9 Å². The van der Waals surface area contributed by atoms with Crippen LogP contribution in [0.3, 0.4) is 0 Å². The normalized spacial score (nSPS) is 25.1. The highest BCUT2D eigenvalue weighted by atomic mass is 16.6. The lowest BCUT2D eigenvalue weighted by molar-refractivity contribution is -0.288. The van der Waals surface area contributed by atoms with Gasteiger partial charge in [0.1, 0.15) is 24.4 Å². The maximum atomic E-state index is 9.70. The molecule has 2 aromatic carbocycles. The van der Waals surface area contributed by atoms with E-state index in [-0.39, 0.29) is 6.61 Å². The van der Waals surface area contributed by atoms with Gasteiger partial charge in [-0.25, -0.2) is 0 Å². The summed E-state index contributed by atoms with van der Waals surface area (Å²) in [6.45, 7) is 2.84. The molecule has 1 saturated heterocycles. The molecule has 4 N–H and O–H groups in total. The quantitative estimate of drug-likeness (QED) is 0.417. The third-order valence-electron chi connectivity index (χ3n) is 5.49. The highest BCUT2D eigenvalue weighted by molar-refractivity contribution is 5.62. The Labute approximate surface area is 191 Å². The Morgan fingerprint density at radius 1 is 0.688 bits per heavy atom. The largest absolute Gasteiger partial charge is 0.387 e. The molecule has 6 nitrogen and oxygen atoms in total. The maximum absolute atomic E-state index is 9.70. The fourth-order valence-corrected chi connectivity index (χ4v) is 3.51. The van der Waals surface area contributed by atoms with E-state index < -0.39 is 30.7 Å². The summed E-state index contributed by atoms with van der Waals surface area (Å²) in [6.07, 6.45) is 0.530. The summed E-state index contributed by atoms with van der Waals surface area (Å²) in [4.78, 5) is 0. The van der Waals surface area contributed by atoms with Crippen molar-refractivity contribution in [3.63, 3.8) is 0 Å². The Kier molecular flexibility index (Phi) is 12.5. The van der Waals surface area contributed by atoms with Crippen LogP contribution in [0.25, 0.3) is 11.1 Å². The zero-order chi connectivity index (χ0) is 23.2. The second-order valence-corrected chi connectivity index (χ2v) is 8.11. The lowest BCUT2D eigenvalue weighted by atomic mass is 9.99. The van der Waals surface area contributed by atoms with Crippen molar-refractivity contribution in [3.8, 4) is 11.1 Å². The molecule has 1 aliphatic heterocycles. The number of rotatable bonds is 10. The third-order valence-corrected chi connectivity index (χ3v) is 5.49. The fourth-order valence-electron chi connectivity index (χ4n) is 3.51. The molecule has 0 aliphatic carbocycles. The van der Waals surface area contributed by atoms with Gasteiger partial charge in [-0.15, -0.1) is 0 Å². The number of hydrogen-bond acceptors (Lipinski definition) is 6. The summed E-state index contributed by atoms with van der Waals surface area (Å²) in [5.41, 5.74) is 2.55. The first-order valence-corrected chi connectivity index (χ1v) is 11.6. The molecule has 0 saturated carbocycles. The van der Waals surface area contributed by atoms with Gasteiger partial charge in [0.2, 0.25) is 0 Å². The molecule has 1 aliphatic rings. The summed E-state index contributed by atoms with van der Waals surface area (Å²) in [7, 11) is 0. The first-order chi connectivity index (χ1) is 15.5. The van der Waals surface area contributed by atoms with Crippen molar-refractivity contribution in [1.82, 2.24) is 0 Å². The van der Waals surface area contributed by atoms with E-state index in [0.29, 0.717) is 6.61 Å². The third kappa shape index (κ3) is 8.98. The highest BCUT2D eigenvalue weighted by Gasteiger charge is 2.42. The highest BCUT2D eigenvalue weighted by Crippen LogP contribution is 2.20. The van der Waals surface area contributed by atoms with E-state index in [0.717, 1.165) is 12.8 Å². The van der Waals surface area contributed by atoms with Crippen molar-refractivity contribution in [2.75, 3.05) is 13.2 Å². The van der Waals surface area contributed by atoms with Crippen molar-refractivity contribution in [2.24, 2.45) is 0 Å². The molecule has 2 aromatic rings. The number of aliphatic hydroxyl groups excluding tert-OH is 4. The van der Waals surface area contributed by atoms with Gasteiger partial charge in [-0.2, -0.15) is 0 Å². The Morgan fingerprint density at radius 2 is 1.22 bits per heavy atom. The Balaban J connectivity index is 0.000000255. The van der Waals surface area contributed by atoms with Crippen molar-refractivity contribution in [3.05, 3.63) is 60.7 Å². The van der Waals surface area contributed by atoms with Gasteiger partial charge in [0.25, 0.3) is 0 Å². The van der Waals surface area contributed by atoms with E-state index in [1.54, 1.807) is 0 Å². The number of benzene rings is 2. The summed E-state index contributed by atoms with van der Waals surface area (Å²) >= 11 is 0. The lowest BCUT2D eigenvalue weighted by Gasteiger charge is -2.38. The Hall–Kier alpha value is -1.80. The zero-order valence-corrected chi connectivity index (χ0v) is 18.9. The van der Waals surface area contributed by atoms with Crippen LogP contribution in [0.2, 0.25) is 0 Å². The van der Waals surface area contributed by atoms with Crippen LogP contribution in [-0.2, 0) is 9.47 Å². The molecule has 0 amide bonds. The Bertz CT molecular complexity index is 673. The van der Waals surface area contributed by atoms with E-state index in [4.69, 9.17) is 9.47 Å². The average Bonchev–Trinajstić information content (AvgIpc) is 2.84. The van der Waals surface area contributed by atoms with Gasteiger partial charge < -0.3 is 29.9 Å². The van der Waals surface area contributed by atoms with E-state index in [1.165, 1.54) is 36.8 Å². The van der Waals surface area contributed by atoms with Crippen LogP contribution in [0.15, 0.2) is 60.7 Å². The monoisotopic (exact) mass is 446 g/mol. The summed E-state index contributed by atoms with van der Waals surface area (Å²) in [5.74, 6) is 0. The predicted octanol–water partition coefficient (Wildman–Crippen LogP) is 3.52. The molecular formula is C26H38O6. The molecule has 3 rings (SSSR count). The van der Waals surface area contributed by atoms with Crippen LogP contribution in [0.5, 0.6) is 0 Å². The molecule has 1 unspecified atom stereocenters. The average molecular weight is 447 g/mol. The molecule has 1 fully saturated rings. The van der Waals surface area contributed by atoms with Crippen LogP contribution in [0, 0.1) is 0 Å². The second-order valence-electron chi connectivity index (χ2n) is 8.11. The van der Waals surface area contributed by atoms with Crippen LogP contribution in [0.4, 0.5) is 0 Å². The van der Waals surface area contributed by atoms with Gasteiger partial charge in [-0.1, -0.05) is 99.7 Å². The van der Waals surface area contributed by atoms with Gasteiger partial charge >= 0.3 is 0 Å². The van der Waals surface area contributed by atoms with Crippen LogP contribution < -0.4 is 0 Å². The van der Waals surface area contributed by atoms with Crippen molar-refractivity contribution >= 4 is 0 Å². The summed E-state index contributed by atoms with van der Waals surface area (Å²) < 4.78 is 10.4. The van der Waals surface area contributed by atoms with Crippen molar-refractivity contribution in [1.29, 1.82) is 0 Å². The molecular weight excluding hydrogens is 408 g/mol. The van der Waals surface area contributed by atoms with E-state index >= 15 is 0 Å². The Morgan fingerprint density at radius 3 is 1.78 bits per heavy atom. The van der Waals surface area contributed by atoms with Crippen LogP contribution in [0.1, 0.15) is 45.4 Å². The minimum Gasteiger partial charge on any atom is -0.387 e. The predicted molar refractivity (Wildman–Crippen MR) is 125 cm³/mol. The zero-order valence-electron chi connectivity index (χ0n) is 18.9. The van der Waals surface area contributed by atoms with Gasteiger partial charge in [0, 0.05) is 6.61 Å². The summed E-state index contributed by atoms with van der Waals surface area (Å²) in [5, 5.41) is 37.9. The lowest BCUT2D eigenvalue weighted by Crippen LogP contribution is -2.58. The van der Waals surface area contributed by atoms with Gasteiger partial charge in [-0.3, -0.25) is 0 Å². The molecule has 32 heavy (non-hydrogen) atoms. The molecule has 5 atom stereocenters. The molecule has 0 bridgehead atoms. The summed E-state index contributed by atoms with van der Waals surface area (Å²) in [6, 6.07) is 20.8. The smallest absolute Gasteiger partial charge is 0.184 e. The van der Waals surface area contributed by atoms with Crippen LogP contribution >= 0.6 is 0 Å². The standard InChI is InChI=1S/C14H28O6.C12H10/c1-2-3-4-5-6-7-8-19-9-10-11(15)12(16)13(17)14(18)20-10;1-3-7-11(8-4-1)12-9-5-2-6-10-12/h10-18H,2-9H2,1H3;1-10H/t10-,11-,12+,13+,14?;/m1./s1. The SMILES string of the molecule is CCCCCCCCOC[C@H]1OC(O)[C@@H](O)[C@@H](O)[C@@H]1O.c1ccc(-c2ccccc2)cc1. The molecule has 0 spiro atoms. The van der Waals surface area contributed by atoms with Gasteiger partial charge in [0.05, 0.1) is 6.61 Å². The molecule has 0 radical (unpaired) electrons. The minimum atomic E-state index is -1.49. The first kappa shape index (κ1) is 26.5. The van der Waals surface area contributed by atoms with Gasteiger partial charge in [-0.05, 0) is 17.5 Å². The van der Waals surface area contributed by atoms with E-state index in [1.807, 2.05) is 12.1 Å². The first-order valence-electron chi connectivity index (χ1n) is 11.6. The van der Waals surface area contributed by atoms with E-state index in [9.17, 15) is 20.4 Å². The maximum Gasteiger partial charge on any atom is 0.184 e.